The van der Waals surface area contributed by atoms with Gasteiger partial charge in [-0.3, -0.25) is 4.79 Å². The highest BCUT2D eigenvalue weighted by Crippen LogP contribution is 2.68. The van der Waals surface area contributed by atoms with Crippen molar-refractivity contribution in [3.05, 3.63) is 0 Å². The van der Waals surface area contributed by atoms with Crippen LogP contribution in [0.15, 0.2) is 0 Å². The maximum Gasteiger partial charge on any atom is 0.220 e. The van der Waals surface area contributed by atoms with Gasteiger partial charge in [-0.2, -0.15) is 0 Å². The van der Waals surface area contributed by atoms with Crippen LogP contribution in [0, 0.1) is 46.3 Å². The third kappa shape index (κ3) is 4.09. The van der Waals surface area contributed by atoms with Crippen LogP contribution in [0.5, 0.6) is 0 Å². The quantitative estimate of drug-likeness (QED) is 0.576. The maximum absolute atomic E-state index is 12.2. The van der Waals surface area contributed by atoms with Crippen LogP contribution >= 0.6 is 0 Å². The Labute approximate surface area is 190 Å². The van der Waals surface area contributed by atoms with Gasteiger partial charge in [-0.05, 0) is 118 Å². The summed E-state index contributed by atoms with van der Waals surface area (Å²) in [6, 6.07) is 0.213. The summed E-state index contributed by atoms with van der Waals surface area (Å²) in [6.45, 7) is 11.4. The number of rotatable bonds is 5. The molecule has 3 N–H and O–H groups in total. The Balaban J connectivity index is 1.47. The third-order valence-corrected chi connectivity index (χ3v) is 10.7. The molecule has 4 aliphatic rings. The third-order valence-electron chi connectivity index (χ3n) is 10.7. The fourth-order valence-corrected chi connectivity index (χ4v) is 9.13. The maximum atomic E-state index is 12.2. The second kappa shape index (κ2) is 8.63. The molecule has 0 bridgehead atoms. The minimum atomic E-state index is -0.205. The van der Waals surface area contributed by atoms with Crippen LogP contribution in [0.4, 0.5) is 0 Å². The van der Waals surface area contributed by atoms with Gasteiger partial charge in [0.2, 0.25) is 5.91 Å². The molecule has 0 aromatic carbocycles. The van der Waals surface area contributed by atoms with Gasteiger partial charge in [0.1, 0.15) is 0 Å². The first-order valence-electron chi connectivity index (χ1n) is 13.2. The van der Waals surface area contributed by atoms with Gasteiger partial charge in [0.15, 0.2) is 0 Å². The van der Waals surface area contributed by atoms with Crippen molar-refractivity contribution in [2.24, 2.45) is 46.3 Å². The Bertz CT molecular complexity index is 665. The van der Waals surface area contributed by atoms with Crippen molar-refractivity contribution in [1.29, 1.82) is 0 Å². The molecule has 4 rings (SSSR count). The molecule has 4 saturated carbocycles. The molecule has 0 saturated heterocycles. The molecule has 4 unspecified atom stereocenters. The zero-order chi connectivity index (χ0) is 22.6. The van der Waals surface area contributed by atoms with E-state index >= 15 is 0 Å². The van der Waals surface area contributed by atoms with E-state index in [4.69, 9.17) is 0 Å². The van der Waals surface area contributed by atoms with Gasteiger partial charge in [-0.1, -0.05) is 20.8 Å². The van der Waals surface area contributed by atoms with E-state index < -0.39 is 0 Å². The lowest BCUT2D eigenvalue weighted by molar-refractivity contribution is -0.174. The van der Waals surface area contributed by atoms with Crippen molar-refractivity contribution >= 4 is 5.91 Å². The number of fused-ring (bicyclic) bond motifs is 5. The monoisotopic (exact) mass is 433 g/mol. The van der Waals surface area contributed by atoms with Crippen LogP contribution in [0.1, 0.15) is 98.8 Å². The van der Waals surface area contributed by atoms with Crippen molar-refractivity contribution in [3.8, 4) is 0 Å². The van der Waals surface area contributed by atoms with E-state index in [1.807, 2.05) is 13.8 Å². The molecule has 4 heteroatoms. The predicted molar refractivity (Wildman–Crippen MR) is 124 cm³/mol. The zero-order valence-corrected chi connectivity index (χ0v) is 20.6. The number of hydrogen-bond donors (Lipinski definition) is 3. The van der Waals surface area contributed by atoms with E-state index in [1.54, 1.807) is 0 Å². The van der Waals surface area contributed by atoms with Crippen molar-refractivity contribution in [1.82, 2.24) is 5.32 Å². The Morgan fingerprint density at radius 2 is 1.65 bits per heavy atom. The number of amides is 1. The lowest BCUT2D eigenvalue weighted by Crippen LogP contribution is -2.58. The molecular formula is C27H47NO3. The van der Waals surface area contributed by atoms with E-state index in [-0.39, 0.29) is 24.2 Å². The fourth-order valence-electron chi connectivity index (χ4n) is 9.13. The Hall–Kier alpha value is -0.610. The summed E-state index contributed by atoms with van der Waals surface area (Å²) < 4.78 is 0. The summed E-state index contributed by atoms with van der Waals surface area (Å²) in [4.78, 5) is 12.2. The average molecular weight is 434 g/mol. The van der Waals surface area contributed by atoms with Crippen LogP contribution in [0.25, 0.3) is 0 Å². The molecule has 0 spiro atoms. The highest BCUT2D eigenvalue weighted by molar-refractivity contribution is 5.76. The molecule has 1 amide bonds. The van der Waals surface area contributed by atoms with Gasteiger partial charge in [-0.25, -0.2) is 0 Å². The van der Waals surface area contributed by atoms with Crippen LogP contribution < -0.4 is 5.32 Å². The first kappa shape index (κ1) is 23.5. The highest BCUT2D eigenvalue weighted by atomic mass is 16.3. The minimum absolute atomic E-state index is 0.166. The summed E-state index contributed by atoms with van der Waals surface area (Å²) in [6.07, 6.45) is 10.1. The Morgan fingerprint density at radius 3 is 2.35 bits per heavy atom. The first-order chi connectivity index (χ1) is 14.6. The van der Waals surface area contributed by atoms with E-state index in [1.165, 1.54) is 25.7 Å². The largest absolute Gasteiger partial charge is 0.393 e. The molecular weight excluding hydrogens is 386 g/mol. The van der Waals surface area contributed by atoms with E-state index in [2.05, 4.69) is 26.1 Å². The molecule has 0 aromatic rings. The fraction of sp³-hybridized carbons (Fsp3) is 0.963. The summed E-state index contributed by atoms with van der Waals surface area (Å²) in [7, 11) is 0. The molecule has 178 valence electrons. The molecule has 4 aliphatic carbocycles. The number of aliphatic hydroxyl groups excluding tert-OH is 2. The van der Waals surface area contributed by atoms with Gasteiger partial charge >= 0.3 is 0 Å². The zero-order valence-electron chi connectivity index (χ0n) is 20.6. The second-order valence-corrected chi connectivity index (χ2v) is 12.7. The van der Waals surface area contributed by atoms with Crippen molar-refractivity contribution in [3.63, 3.8) is 0 Å². The standard InChI is InChI=1S/C27H47NO3/c1-16(2)28-24(31)9-6-17(3)20-7-8-21-25-22(11-13-27(20,21)5)26(4)12-10-19(29)14-18(26)15-23(25)30/h16-23,25,29-30H,6-15H2,1-5H3,(H,28,31)/t17-,18?,19-,20-,21?,22?,23-,25?,26+,27-/m1/s1. The van der Waals surface area contributed by atoms with Gasteiger partial charge in [-0.15, -0.1) is 0 Å². The number of carbonyl (C=O) groups is 1. The Kier molecular flexibility index (Phi) is 6.55. The summed E-state index contributed by atoms with van der Waals surface area (Å²) in [5, 5.41) is 24.7. The Morgan fingerprint density at radius 1 is 0.968 bits per heavy atom. The summed E-state index contributed by atoms with van der Waals surface area (Å²) >= 11 is 0. The molecule has 0 radical (unpaired) electrons. The van der Waals surface area contributed by atoms with Crippen molar-refractivity contribution in [2.75, 3.05) is 0 Å². The lowest BCUT2D eigenvalue weighted by Gasteiger charge is -2.62. The SMILES string of the molecule is CC(C)NC(=O)CC[C@@H](C)[C@H]1CCC2C3C(CC[C@@]21C)[C@@]1(C)CC[C@@H](O)CC1C[C@H]3O. The molecule has 4 fully saturated rings. The second-order valence-electron chi connectivity index (χ2n) is 12.7. The molecule has 4 nitrogen and oxygen atoms in total. The predicted octanol–water partition coefficient (Wildman–Crippen LogP) is 4.92. The highest BCUT2D eigenvalue weighted by Gasteiger charge is 2.62. The molecule has 0 aromatic heterocycles. The normalized spacial score (nSPS) is 47.9. The van der Waals surface area contributed by atoms with Gasteiger partial charge in [0.05, 0.1) is 12.2 Å². The van der Waals surface area contributed by atoms with Gasteiger partial charge in [0.25, 0.3) is 0 Å². The lowest BCUT2D eigenvalue weighted by atomic mass is 9.43. The topological polar surface area (TPSA) is 69.6 Å². The van der Waals surface area contributed by atoms with Crippen LogP contribution in [0.2, 0.25) is 0 Å². The van der Waals surface area contributed by atoms with E-state index in [9.17, 15) is 15.0 Å². The van der Waals surface area contributed by atoms with Crippen LogP contribution in [-0.4, -0.2) is 34.4 Å². The first-order valence-corrected chi connectivity index (χ1v) is 13.2. The van der Waals surface area contributed by atoms with Crippen LogP contribution in [-0.2, 0) is 4.79 Å². The van der Waals surface area contributed by atoms with Gasteiger partial charge < -0.3 is 15.5 Å². The van der Waals surface area contributed by atoms with Crippen LogP contribution in [0.3, 0.4) is 0 Å². The molecule has 31 heavy (non-hydrogen) atoms. The number of nitrogens with one attached hydrogen (secondary N) is 1. The minimum Gasteiger partial charge on any atom is -0.393 e. The molecule has 0 aliphatic heterocycles. The average Bonchev–Trinajstić information content (AvgIpc) is 3.04. The smallest absolute Gasteiger partial charge is 0.220 e. The van der Waals surface area contributed by atoms with Crippen molar-refractivity contribution < 1.29 is 15.0 Å². The molecule has 0 heterocycles. The summed E-state index contributed by atoms with van der Waals surface area (Å²) in [5.41, 5.74) is 0.594. The van der Waals surface area contributed by atoms with Crippen molar-refractivity contribution in [2.45, 2.75) is 117 Å². The van der Waals surface area contributed by atoms with E-state index in [0.717, 1.165) is 32.1 Å². The molecule has 10 atom stereocenters. The van der Waals surface area contributed by atoms with Gasteiger partial charge in [0, 0.05) is 12.5 Å². The number of carbonyl (C=O) groups excluding carboxylic acids is 1. The van der Waals surface area contributed by atoms with E-state index in [0.29, 0.717) is 52.8 Å². The summed E-state index contributed by atoms with van der Waals surface area (Å²) in [5.74, 6) is 3.53. The number of aliphatic hydroxyl groups is 2. The number of hydrogen-bond acceptors (Lipinski definition) is 3.